The number of pyridine rings is 1. The molecule has 1 N–H and O–H groups in total. The Morgan fingerprint density at radius 3 is 2.49 bits per heavy atom. The Morgan fingerprint density at radius 2 is 1.89 bits per heavy atom. The van der Waals surface area contributed by atoms with Gasteiger partial charge in [0, 0.05) is 36.3 Å². The Balaban J connectivity index is 1.08. The standard InChI is InChI=1S/C23H20ClF4N3O4/c24-16-3-2-14(5-17(16)25)34-9-19(32)30-22-10-21(11-22,12-22)13-1-4-18(29-6-13)20(33)31-7-15(8-31)35-23(26,27)28/h1-6,15H,7-12H2,(H,30,32). The first-order valence-electron chi connectivity index (χ1n) is 10.9. The van der Waals surface area contributed by atoms with Gasteiger partial charge in [-0.3, -0.25) is 19.3 Å². The molecule has 2 aromatic rings. The van der Waals surface area contributed by atoms with Crippen LogP contribution < -0.4 is 10.1 Å². The Labute approximate surface area is 202 Å². The van der Waals surface area contributed by atoms with Gasteiger partial charge in [0.25, 0.3) is 11.8 Å². The van der Waals surface area contributed by atoms with Crippen molar-refractivity contribution >= 4 is 23.4 Å². The van der Waals surface area contributed by atoms with Crippen molar-refractivity contribution in [3.8, 4) is 5.75 Å². The molecule has 2 heterocycles. The van der Waals surface area contributed by atoms with E-state index < -0.39 is 24.2 Å². The molecule has 1 aromatic heterocycles. The number of likely N-dealkylation sites (tertiary alicyclic amines) is 1. The average Bonchev–Trinajstić information content (AvgIpc) is 2.72. The fourth-order valence-corrected chi connectivity index (χ4v) is 5.26. The minimum atomic E-state index is -4.72. The number of benzene rings is 1. The molecule has 3 saturated carbocycles. The zero-order valence-corrected chi connectivity index (χ0v) is 19.0. The van der Waals surface area contributed by atoms with E-state index in [1.165, 1.54) is 17.0 Å². The van der Waals surface area contributed by atoms with E-state index in [9.17, 15) is 27.2 Å². The number of ether oxygens (including phenoxy) is 2. The number of alkyl halides is 3. The number of halogens is 5. The van der Waals surface area contributed by atoms with E-state index in [1.54, 1.807) is 18.3 Å². The van der Waals surface area contributed by atoms with Gasteiger partial charge < -0.3 is 15.0 Å². The van der Waals surface area contributed by atoms with E-state index in [1.807, 2.05) is 0 Å². The van der Waals surface area contributed by atoms with Gasteiger partial charge in [-0.25, -0.2) is 4.39 Å². The van der Waals surface area contributed by atoms with Gasteiger partial charge >= 0.3 is 6.36 Å². The molecule has 1 aliphatic heterocycles. The van der Waals surface area contributed by atoms with Crippen molar-refractivity contribution in [1.29, 1.82) is 0 Å². The van der Waals surface area contributed by atoms with Crippen LogP contribution in [-0.2, 0) is 14.9 Å². The molecular formula is C23H20ClF4N3O4. The highest BCUT2D eigenvalue weighted by Crippen LogP contribution is 2.67. The van der Waals surface area contributed by atoms with E-state index >= 15 is 0 Å². The second-order valence-electron chi connectivity index (χ2n) is 9.33. The molecule has 186 valence electrons. The fourth-order valence-electron chi connectivity index (χ4n) is 5.14. The minimum Gasteiger partial charge on any atom is -0.484 e. The fraction of sp³-hybridized carbons (Fsp3) is 0.435. The van der Waals surface area contributed by atoms with Gasteiger partial charge in [-0.1, -0.05) is 17.7 Å². The molecule has 4 fully saturated rings. The predicted molar refractivity (Wildman–Crippen MR) is 114 cm³/mol. The maximum absolute atomic E-state index is 13.5. The number of amides is 2. The van der Waals surface area contributed by atoms with Gasteiger partial charge in [0.2, 0.25) is 0 Å². The maximum atomic E-state index is 13.5. The summed E-state index contributed by atoms with van der Waals surface area (Å²) < 4.78 is 59.4. The summed E-state index contributed by atoms with van der Waals surface area (Å²) in [4.78, 5) is 30.1. The minimum absolute atomic E-state index is 0.0300. The van der Waals surface area contributed by atoms with Gasteiger partial charge in [0.1, 0.15) is 23.4 Å². The van der Waals surface area contributed by atoms with Gasteiger partial charge in [-0.15, -0.1) is 13.2 Å². The number of nitrogens with one attached hydrogen (secondary N) is 1. The molecule has 0 radical (unpaired) electrons. The lowest BCUT2D eigenvalue weighted by atomic mass is 9.37. The first kappa shape index (κ1) is 23.8. The highest BCUT2D eigenvalue weighted by molar-refractivity contribution is 6.30. The largest absolute Gasteiger partial charge is 0.522 e. The Hall–Kier alpha value is -2.92. The number of carbonyl (C=O) groups excluding carboxylic acids is 2. The van der Waals surface area contributed by atoms with Crippen LogP contribution in [0, 0.1) is 5.82 Å². The van der Waals surface area contributed by atoms with Crippen molar-refractivity contribution in [2.24, 2.45) is 0 Å². The Bertz CT molecular complexity index is 1150. The summed E-state index contributed by atoms with van der Waals surface area (Å²) in [5.41, 5.74) is 0.667. The van der Waals surface area contributed by atoms with Crippen LogP contribution in [0.25, 0.3) is 0 Å². The first-order chi connectivity index (χ1) is 16.5. The monoisotopic (exact) mass is 513 g/mol. The predicted octanol–water partition coefficient (Wildman–Crippen LogP) is 3.60. The third-order valence-electron chi connectivity index (χ3n) is 6.73. The van der Waals surface area contributed by atoms with Gasteiger partial charge in [-0.05, 0) is 43.0 Å². The summed E-state index contributed by atoms with van der Waals surface area (Å²) in [7, 11) is 0. The lowest BCUT2D eigenvalue weighted by Crippen LogP contribution is -2.77. The van der Waals surface area contributed by atoms with Crippen LogP contribution in [0.15, 0.2) is 36.5 Å². The molecule has 7 nitrogen and oxygen atoms in total. The summed E-state index contributed by atoms with van der Waals surface area (Å²) in [6.45, 7) is -0.519. The summed E-state index contributed by atoms with van der Waals surface area (Å²) in [6.07, 6.45) is -2.00. The second-order valence-corrected chi connectivity index (χ2v) is 9.74. The number of hydrogen-bond acceptors (Lipinski definition) is 5. The lowest BCUT2D eigenvalue weighted by Gasteiger charge is -2.70. The lowest BCUT2D eigenvalue weighted by molar-refractivity contribution is -0.352. The molecule has 0 atom stereocenters. The van der Waals surface area contributed by atoms with Crippen LogP contribution in [0.1, 0.15) is 35.3 Å². The van der Waals surface area contributed by atoms with E-state index in [2.05, 4.69) is 15.0 Å². The van der Waals surface area contributed by atoms with E-state index in [0.717, 1.165) is 30.9 Å². The molecule has 4 aliphatic rings. The van der Waals surface area contributed by atoms with Crippen molar-refractivity contribution in [3.05, 3.63) is 58.6 Å². The Kier molecular flexibility index (Phi) is 5.67. The molecule has 3 aliphatic carbocycles. The highest BCUT2D eigenvalue weighted by Gasteiger charge is 2.69. The molecule has 12 heteroatoms. The molecule has 1 aromatic carbocycles. The Morgan fingerprint density at radius 1 is 1.17 bits per heavy atom. The quantitative estimate of drug-likeness (QED) is 0.572. The summed E-state index contributed by atoms with van der Waals surface area (Å²) >= 11 is 5.63. The van der Waals surface area contributed by atoms with E-state index in [-0.39, 0.29) is 53.0 Å². The van der Waals surface area contributed by atoms with Gasteiger partial charge in [0.05, 0.1) is 5.02 Å². The van der Waals surface area contributed by atoms with Crippen LogP contribution in [0.4, 0.5) is 17.6 Å². The van der Waals surface area contributed by atoms with Crippen LogP contribution in [0.2, 0.25) is 5.02 Å². The zero-order chi connectivity index (χ0) is 25.0. The number of carbonyl (C=O) groups is 2. The molecule has 6 rings (SSSR count). The number of rotatable bonds is 7. The van der Waals surface area contributed by atoms with Gasteiger partial charge in [-0.2, -0.15) is 0 Å². The van der Waals surface area contributed by atoms with Crippen LogP contribution in [-0.4, -0.2) is 59.4 Å². The molecule has 0 spiro atoms. The number of aromatic nitrogens is 1. The second kappa shape index (κ2) is 8.34. The molecule has 0 unspecified atom stereocenters. The molecule has 2 amide bonds. The smallest absolute Gasteiger partial charge is 0.484 e. The summed E-state index contributed by atoms with van der Waals surface area (Å²) in [5.74, 6) is -1.18. The summed E-state index contributed by atoms with van der Waals surface area (Å²) in [5, 5.41) is 2.94. The van der Waals surface area contributed by atoms with Crippen molar-refractivity contribution < 1.29 is 36.6 Å². The van der Waals surface area contributed by atoms with E-state index in [0.29, 0.717) is 0 Å². The number of nitrogens with zero attached hydrogens (tertiary/aromatic N) is 2. The number of hydrogen-bond donors (Lipinski definition) is 1. The molecule has 2 bridgehead atoms. The molecular weight excluding hydrogens is 494 g/mol. The van der Waals surface area contributed by atoms with Crippen LogP contribution in [0.5, 0.6) is 5.75 Å². The van der Waals surface area contributed by atoms with E-state index in [4.69, 9.17) is 16.3 Å². The SMILES string of the molecule is O=C(COc1ccc(Cl)c(F)c1)NC12CC(c3ccc(C(=O)N4CC(OC(F)(F)F)C4)nc3)(C1)C2. The molecule has 1 saturated heterocycles. The third-order valence-corrected chi connectivity index (χ3v) is 7.03. The summed E-state index contributed by atoms with van der Waals surface area (Å²) in [6, 6.07) is 7.31. The van der Waals surface area contributed by atoms with Crippen molar-refractivity contribution in [3.63, 3.8) is 0 Å². The maximum Gasteiger partial charge on any atom is 0.522 e. The molecule has 35 heavy (non-hydrogen) atoms. The topological polar surface area (TPSA) is 80.8 Å². The van der Waals surface area contributed by atoms with Crippen LogP contribution in [0.3, 0.4) is 0 Å². The van der Waals surface area contributed by atoms with Crippen molar-refractivity contribution in [1.82, 2.24) is 15.2 Å². The van der Waals surface area contributed by atoms with Gasteiger partial charge in [0.15, 0.2) is 6.61 Å². The van der Waals surface area contributed by atoms with Crippen molar-refractivity contribution in [2.75, 3.05) is 19.7 Å². The first-order valence-corrected chi connectivity index (χ1v) is 11.2. The zero-order valence-electron chi connectivity index (χ0n) is 18.2. The highest BCUT2D eigenvalue weighted by atomic mass is 35.5. The normalized spacial score (nSPS) is 25.2. The third kappa shape index (κ3) is 4.66. The van der Waals surface area contributed by atoms with Crippen LogP contribution >= 0.6 is 11.6 Å². The van der Waals surface area contributed by atoms with Crippen molar-refractivity contribution in [2.45, 2.75) is 42.7 Å². The average molecular weight is 514 g/mol.